The van der Waals surface area contributed by atoms with E-state index in [1.807, 2.05) is 24.3 Å². The first-order valence-electron chi connectivity index (χ1n) is 5.73. The van der Waals surface area contributed by atoms with Gasteiger partial charge in [-0.25, -0.2) is 13.1 Å². The molecule has 0 unspecified atom stereocenters. The Kier molecular flexibility index (Phi) is 3.96. The molecule has 0 aliphatic heterocycles. The van der Waals surface area contributed by atoms with Crippen molar-refractivity contribution in [1.29, 1.82) is 0 Å². The number of sulfonamides is 1. The lowest BCUT2D eigenvalue weighted by molar-refractivity contribution is 0.289. The van der Waals surface area contributed by atoms with Crippen LogP contribution in [0.3, 0.4) is 0 Å². The molecule has 0 aliphatic rings. The van der Waals surface area contributed by atoms with Gasteiger partial charge < -0.3 is 5.11 Å². The summed E-state index contributed by atoms with van der Waals surface area (Å²) in [4.78, 5) is 0.249. The van der Waals surface area contributed by atoms with Crippen molar-refractivity contribution in [3.8, 4) is 0 Å². The summed E-state index contributed by atoms with van der Waals surface area (Å²) in [6.45, 7) is 0.214. The number of hydrogen-bond donors (Lipinski definition) is 2. The van der Waals surface area contributed by atoms with E-state index >= 15 is 0 Å². The minimum Gasteiger partial charge on any atom is -0.396 e. The van der Waals surface area contributed by atoms with Gasteiger partial charge in [-0.1, -0.05) is 30.3 Å². The number of rotatable bonds is 5. The fourth-order valence-corrected chi connectivity index (χ4v) is 2.81. The molecule has 2 aromatic carbocycles. The maximum absolute atomic E-state index is 12.0. The van der Waals surface area contributed by atoms with Crippen molar-refractivity contribution in [2.75, 3.05) is 13.2 Å². The van der Waals surface area contributed by atoms with Crippen LogP contribution in [0.4, 0.5) is 0 Å². The van der Waals surface area contributed by atoms with Gasteiger partial charge in [-0.05, 0) is 29.3 Å². The number of nitrogens with one attached hydrogen (secondary N) is 1. The van der Waals surface area contributed by atoms with Gasteiger partial charge in [-0.15, -0.1) is 0 Å². The molecular weight excluding hydrogens is 250 g/mol. The van der Waals surface area contributed by atoms with E-state index in [0.717, 1.165) is 10.8 Å². The zero-order valence-electron chi connectivity index (χ0n) is 9.83. The molecule has 0 fully saturated rings. The van der Waals surface area contributed by atoms with Gasteiger partial charge in [0.1, 0.15) is 0 Å². The quantitative estimate of drug-likeness (QED) is 0.805. The van der Waals surface area contributed by atoms with E-state index in [0.29, 0.717) is 6.42 Å². The zero-order chi connectivity index (χ0) is 13.0. The molecule has 0 atom stereocenters. The highest BCUT2D eigenvalue weighted by molar-refractivity contribution is 7.89. The first-order chi connectivity index (χ1) is 8.63. The molecule has 96 valence electrons. The summed E-state index contributed by atoms with van der Waals surface area (Å²) in [7, 11) is -3.49. The predicted molar refractivity (Wildman–Crippen MR) is 70.8 cm³/mol. The highest BCUT2D eigenvalue weighted by Crippen LogP contribution is 2.18. The van der Waals surface area contributed by atoms with Crippen LogP contribution in [0.1, 0.15) is 6.42 Å². The van der Waals surface area contributed by atoms with Crippen molar-refractivity contribution in [3.63, 3.8) is 0 Å². The Balaban J connectivity index is 2.30. The Labute approximate surface area is 106 Å². The second kappa shape index (κ2) is 5.48. The standard InChI is InChI=1S/C13H15NO3S/c15-9-3-8-14-18(16,17)13-7-6-11-4-1-2-5-12(11)10-13/h1-2,4-7,10,14-15H,3,8-9H2. The highest BCUT2D eigenvalue weighted by Gasteiger charge is 2.13. The monoisotopic (exact) mass is 265 g/mol. The van der Waals surface area contributed by atoms with Crippen LogP contribution < -0.4 is 4.72 Å². The third-order valence-corrected chi connectivity index (χ3v) is 4.12. The van der Waals surface area contributed by atoms with E-state index in [1.165, 1.54) is 0 Å². The second-order valence-electron chi connectivity index (χ2n) is 3.98. The lowest BCUT2D eigenvalue weighted by Crippen LogP contribution is -2.25. The van der Waals surface area contributed by atoms with Crippen molar-refractivity contribution in [2.45, 2.75) is 11.3 Å². The fraction of sp³-hybridized carbons (Fsp3) is 0.231. The van der Waals surface area contributed by atoms with E-state index < -0.39 is 10.0 Å². The van der Waals surface area contributed by atoms with Gasteiger partial charge in [-0.3, -0.25) is 0 Å². The van der Waals surface area contributed by atoms with Crippen molar-refractivity contribution in [1.82, 2.24) is 4.72 Å². The molecule has 0 radical (unpaired) electrons. The Bertz CT molecular complexity index is 637. The lowest BCUT2D eigenvalue weighted by Gasteiger charge is -2.07. The molecule has 0 aromatic heterocycles. The summed E-state index contributed by atoms with van der Waals surface area (Å²) in [5, 5.41) is 10.5. The Morgan fingerprint density at radius 3 is 2.50 bits per heavy atom. The third kappa shape index (κ3) is 2.87. The van der Waals surface area contributed by atoms with Gasteiger partial charge in [0.15, 0.2) is 0 Å². The molecule has 2 aromatic rings. The van der Waals surface area contributed by atoms with E-state index in [2.05, 4.69) is 4.72 Å². The Morgan fingerprint density at radius 2 is 1.78 bits per heavy atom. The average Bonchev–Trinajstić information content (AvgIpc) is 2.38. The lowest BCUT2D eigenvalue weighted by atomic mass is 10.1. The molecule has 2 rings (SSSR count). The van der Waals surface area contributed by atoms with Crippen LogP contribution >= 0.6 is 0 Å². The van der Waals surface area contributed by atoms with Gasteiger partial charge in [0.2, 0.25) is 10.0 Å². The van der Waals surface area contributed by atoms with Crippen LogP contribution in [-0.4, -0.2) is 26.7 Å². The van der Waals surface area contributed by atoms with Crippen molar-refractivity contribution < 1.29 is 13.5 Å². The molecule has 0 heterocycles. The molecular formula is C13H15NO3S. The van der Waals surface area contributed by atoms with Gasteiger partial charge in [0.25, 0.3) is 0 Å². The normalized spacial score (nSPS) is 11.8. The molecule has 0 amide bonds. The Hall–Kier alpha value is -1.43. The first kappa shape index (κ1) is 13.0. The van der Waals surface area contributed by atoms with Crippen LogP contribution in [0.25, 0.3) is 10.8 Å². The first-order valence-corrected chi connectivity index (χ1v) is 7.21. The third-order valence-electron chi connectivity index (χ3n) is 2.66. The van der Waals surface area contributed by atoms with E-state index in [9.17, 15) is 8.42 Å². The van der Waals surface area contributed by atoms with Crippen molar-refractivity contribution in [2.24, 2.45) is 0 Å². The van der Waals surface area contributed by atoms with E-state index in [1.54, 1.807) is 18.2 Å². The minimum atomic E-state index is -3.49. The summed E-state index contributed by atoms with van der Waals surface area (Å²) in [5.41, 5.74) is 0. The van der Waals surface area contributed by atoms with Crippen LogP contribution in [0.15, 0.2) is 47.4 Å². The molecule has 5 heteroatoms. The summed E-state index contributed by atoms with van der Waals surface area (Å²) in [6, 6.07) is 12.6. The highest BCUT2D eigenvalue weighted by atomic mass is 32.2. The minimum absolute atomic E-state index is 0.0275. The maximum Gasteiger partial charge on any atom is 0.240 e. The van der Waals surface area contributed by atoms with Gasteiger partial charge in [0.05, 0.1) is 4.90 Å². The molecule has 2 N–H and O–H groups in total. The average molecular weight is 265 g/mol. The zero-order valence-corrected chi connectivity index (χ0v) is 10.7. The number of hydrogen-bond acceptors (Lipinski definition) is 3. The maximum atomic E-state index is 12.0. The van der Waals surface area contributed by atoms with Gasteiger partial charge in [-0.2, -0.15) is 0 Å². The van der Waals surface area contributed by atoms with Crippen molar-refractivity contribution >= 4 is 20.8 Å². The molecule has 0 spiro atoms. The van der Waals surface area contributed by atoms with Crippen LogP contribution in [0, 0.1) is 0 Å². The molecule has 0 saturated heterocycles. The number of fused-ring (bicyclic) bond motifs is 1. The topological polar surface area (TPSA) is 66.4 Å². The summed E-state index contributed by atoms with van der Waals surface area (Å²) < 4.78 is 26.4. The summed E-state index contributed by atoms with van der Waals surface area (Å²) in [6.07, 6.45) is 0.410. The molecule has 18 heavy (non-hydrogen) atoms. The SMILES string of the molecule is O=S(=O)(NCCCO)c1ccc2ccccc2c1. The van der Waals surface area contributed by atoms with Gasteiger partial charge >= 0.3 is 0 Å². The number of aliphatic hydroxyl groups is 1. The smallest absolute Gasteiger partial charge is 0.240 e. The van der Waals surface area contributed by atoms with Crippen LogP contribution in [-0.2, 0) is 10.0 Å². The number of aliphatic hydroxyl groups excluding tert-OH is 1. The number of benzene rings is 2. The second-order valence-corrected chi connectivity index (χ2v) is 5.75. The molecule has 0 saturated carbocycles. The van der Waals surface area contributed by atoms with Crippen molar-refractivity contribution in [3.05, 3.63) is 42.5 Å². The van der Waals surface area contributed by atoms with E-state index in [-0.39, 0.29) is 18.0 Å². The largest absolute Gasteiger partial charge is 0.396 e. The molecule has 0 bridgehead atoms. The summed E-state index contributed by atoms with van der Waals surface area (Å²) in [5.74, 6) is 0. The predicted octanol–water partition coefficient (Wildman–Crippen LogP) is 1.50. The fourth-order valence-electron chi connectivity index (χ4n) is 1.70. The van der Waals surface area contributed by atoms with Gasteiger partial charge in [0, 0.05) is 13.2 Å². The Morgan fingerprint density at radius 1 is 1.06 bits per heavy atom. The molecule has 0 aliphatic carbocycles. The summed E-state index contributed by atoms with van der Waals surface area (Å²) >= 11 is 0. The molecule has 4 nitrogen and oxygen atoms in total. The van der Waals surface area contributed by atoms with E-state index in [4.69, 9.17) is 5.11 Å². The van der Waals surface area contributed by atoms with Crippen LogP contribution in [0.2, 0.25) is 0 Å². The van der Waals surface area contributed by atoms with Crippen LogP contribution in [0.5, 0.6) is 0 Å².